The Morgan fingerprint density at radius 2 is 2.17 bits per heavy atom. The highest BCUT2D eigenvalue weighted by Gasteiger charge is 2.17. The largest absolute Gasteiger partial charge is 0.478 e. The van der Waals surface area contributed by atoms with E-state index in [2.05, 4.69) is 6.58 Å². The summed E-state index contributed by atoms with van der Waals surface area (Å²) in [6.45, 7) is 7.82. The van der Waals surface area contributed by atoms with Crippen LogP contribution in [0, 0.1) is 0 Å². The fourth-order valence-corrected chi connectivity index (χ4v) is 0.959. The molecule has 1 atom stereocenters. The summed E-state index contributed by atoms with van der Waals surface area (Å²) in [4.78, 5) is 10.5. The van der Waals surface area contributed by atoms with Gasteiger partial charge in [0.2, 0.25) is 0 Å². The molecular formula is C9H16O3. The minimum atomic E-state index is -0.970. The van der Waals surface area contributed by atoms with Gasteiger partial charge in [-0.25, -0.2) is 4.79 Å². The summed E-state index contributed by atoms with van der Waals surface area (Å²) >= 11 is 0. The summed E-state index contributed by atoms with van der Waals surface area (Å²) in [6, 6.07) is 0. The van der Waals surface area contributed by atoms with E-state index in [-0.39, 0.29) is 11.7 Å². The summed E-state index contributed by atoms with van der Waals surface area (Å²) in [5.41, 5.74) is 0.152. The van der Waals surface area contributed by atoms with Crippen molar-refractivity contribution in [1.29, 1.82) is 0 Å². The molecule has 0 aliphatic heterocycles. The van der Waals surface area contributed by atoms with Crippen molar-refractivity contribution in [2.75, 3.05) is 6.61 Å². The number of carboxylic acids is 1. The minimum Gasteiger partial charge on any atom is -0.478 e. The van der Waals surface area contributed by atoms with Gasteiger partial charge in [0, 0.05) is 6.61 Å². The highest BCUT2D eigenvalue weighted by molar-refractivity contribution is 5.86. The highest BCUT2D eigenvalue weighted by Crippen LogP contribution is 2.11. The topological polar surface area (TPSA) is 46.5 Å². The first kappa shape index (κ1) is 11.2. The molecule has 0 radical (unpaired) electrons. The average molecular weight is 172 g/mol. The van der Waals surface area contributed by atoms with Gasteiger partial charge in [0.25, 0.3) is 0 Å². The highest BCUT2D eigenvalue weighted by atomic mass is 16.5. The Morgan fingerprint density at radius 1 is 1.58 bits per heavy atom. The zero-order valence-electron chi connectivity index (χ0n) is 7.67. The molecule has 0 aromatic carbocycles. The molecule has 0 aliphatic carbocycles. The van der Waals surface area contributed by atoms with Gasteiger partial charge in [-0.05, 0) is 13.3 Å². The minimum absolute atomic E-state index is 0.152. The van der Waals surface area contributed by atoms with Crippen LogP contribution in [0.3, 0.4) is 0 Å². The predicted molar refractivity (Wildman–Crippen MR) is 47.1 cm³/mol. The zero-order valence-corrected chi connectivity index (χ0v) is 7.67. The normalized spacial score (nSPS) is 12.5. The number of ether oxygens (including phenoxy) is 1. The molecule has 3 heteroatoms. The lowest BCUT2D eigenvalue weighted by Crippen LogP contribution is -2.20. The number of rotatable bonds is 6. The van der Waals surface area contributed by atoms with Gasteiger partial charge in [-0.1, -0.05) is 19.9 Å². The van der Waals surface area contributed by atoms with Crippen LogP contribution < -0.4 is 0 Å². The fraction of sp³-hybridized carbons (Fsp3) is 0.667. The summed E-state index contributed by atoms with van der Waals surface area (Å²) in [6.07, 6.45) is 1.30. The Bertz CT molecular complexity index is 157. The summed E-state index contributed by atoms with van der Waals surface area (Å²) in [5.74, 6) is -0.970. The van der Waals surface area contributed by atoms with Crippen LogP contribution in [0.5, 0.6) is 0 Å². The van der Waals surface area contributed by atoms with E-state index in [1.54, 1.807) is 0 Å². The van der Waals surface area contributed by atoms with Crippen molar-refractivity contribution < 1.29 is 14.6 Å². The number of aliphatic carboxylic acids is 1. The first-order chi connectivity index (χ1) is 5.63. The molecule has 0 aromatic heterocycles. The van der Waals surface area contributed by atoms with E-state index in [0.717, 1.165) is 12.8 Å². The van der Waals surface area contributed by atoms with Gasteiger partial charge in [-0.15, -0.1) is 0 Å². The van der Waals surface area contributed by atoms with Crippen molar-refractivity contribution >= 4 is 5.97 Å². The lowest BCUT2D eigenvalue weighted by molar-refractivity contribution is -0.134. The van der Waals surface area contributed by atoms with Gasteiger partial charge in [-0.3, -0.25) is 0 Å². The van der Waals surface area contributed by atoms with Crippen LogP contribution >= 0.6 is 0 Å². The van der Waals surface area contributed by atoms with E-state index in [1.165, 1.54) is 0 Å². The zero-order chi connectivity index (χ0) is 9.56. The maximum absolute atomic E-state index is 10.5. The van der Waals surface area contributed by atoms with Crippen molar-refractivity contribution in [2.24, 2.45) is 0 Å². The lowest BCUT2D eigenvalue weighted by atomic mass is 10.1. The van der Waals surface area contributed by atoms with Gasteiger partial charge in [0.1, 0.15) is 0 Å². The Balaban J connectivity index is 4.08. The van der Waals surface area contributed by atoms with E-state index < -0.39 is 5.97 Å². The molecule has 0 fully saturated rings. The van der Waals surface area contributed by atoms with Crippen LogP contribution in [0.15, 0.2) is 12.2 Å². The van der Waals surface area contributed by atoms with E-state index in [0.29, 0.717) is 6.61 Å². The van der Waals surface area contributed by atoms with Crippen molar-refractivity contribution in [2.45, 2.75) is 32.8 Å². The monoisotopic (exact) mass is 172 g/mol. The summed E-state index contributed by atoms with van der Waals surface area (Å²) in [5, 5.41) is 8.63. The molecule has 12 heavy (non-hydrogen) atoms. The molecule has 3 nitrogen and oxygen atoms in total. The molecule has 0 heterocycles. The Morgan fingerprint density at radius 3 is 2.50 bits per heavy atom. The molecule has 70 valence electrons. The van der Waals surface area contributed by atoms with Crippen molar-refractivity contribution in [3.05, 3.63) is 12.2 Å². The van der Waals surface area contributed by atoms with Crippen molar-refractivity contribution in [3.8, 4) is 0 Å². The van der Waals surface area contributed by atoms with Crippen LogP contribution in [-0.2, 0) is 9.53 Å². The molecule has 1 N–H and O–H groups in total. The van der Waals surface area contributed by atoms with E-state index in [1.807, 2.05) is 13.8 Å². The molecule has 1 unspecified atom stereocenters. The van der Waals surface area contributed by atoms with Crippen LogP contribution in [0.1, 0.15) is 26.7 Å². The van der Waals surface area contributed by atoms with Crippen LogP contribution in [-0.4, -0.2) is 23.8 Å². The standard InChI is InChI=1S/C9H16O3/c1-4-6-8(12-5-2)7(3)9(10)11/h8H,3-6H2,1-2H3,(H,10,11). The van der Waals surface area contributed by atoms with Crippen molar-refractivity contribution in [3.63, 3.8) is 0 Å². The van der Waals surface area contributed by atoms with E-state index in [9.17, 15) is 4.79 Å². The number of carbonyl (C=O) groups is 1. The van der Waals surface area contributed by atoms with E-state index in [4.69, 9.17) is 9.84 Å². The molecule has 0 spiro atoms. The molecule has 0 rings (SSSR count). The van der Waals surface area contributed by atoms with Gasteiger partial charge in [0.05, 0.1) is 11.7 Å². The molecule has 0 aromatic rings. The predicted octanol–water partition coefficient (Wildman–Crippen LogP) is 1.83. The fourth-order valence-electron chi connectivity index (χ4n) is 0.959. The second kappa shape index (κ2) is 5.77. The maximum Gasteiger partial charge on any atom is 0.333 e. The Kier molecular flexibility index (Phi) is 5.37. The molecule has 0 saturated carbocycles. The lowest BCUT2D eigenvalue weighted by Gasteiger charge is -2.15. The third-order valence-corrected chi connectivity index (χ3v) is 1.58. The summed E-state index contributed by atoms with van der Waals surface area (Å²) < 4.78 is 5.23. The van der Waals surface area contributed by atoms with E-state index >= 15 is 0 Å². The summed E-state index contributed by atoms with van der Waals surface area (Å²) in [7, 11) is 0. The SMILES string of the molecule is C=C(C(=O)O)C(CCC)OCC. The Labute approximate surface area is 73.0 Å². The molecule has 0 bridgehead atoms. The van der Waals surface area contributed by atoms with Gasteiger partial charge in [0.15, 0.2) is 0 Å². The van der Waals surface area contributed by atoms with Gasteiger partial charge >= 0.3 is 5.97 Å². The van der Waals surface area contributed by atoms with Gasteiger partial charge < -0.3 is 9.84 Å². The molecular weight excluding hydrogens is 156 g/mol. The maximum atomic E-state index is 10.5. The smallest absolute Gasteiger partial charge is 0.333 e. The Hall–Kier alpha value is -0.830. The van der Waals surface area contributed by atoms with Gasteiger partial charge in [-0.2, -0.15) is 0 Å². The first-order valence-electron chi connectivity index (χ1n) is 4.17. The quantitative estimate of drug-likeness (QED) is 0.622. The average Bonchev–Trinajstić information content (AvgIpc) is 2.03. The molecule has 0 amide bonds. The molecule has 0 saturated heterocycles. The third kappa shape index (κ3) is 3.53. The second-order valence-corrected chi connectivity index (χ2v) is 2.56. The van der Waals surface area contributed by atoms with Crippen molar-refractivity contribution in [1.82, 2.24) is 0 Å². The number of hydrogen-bond donors (Lipinski definition) is 1. The van der Waals surface area contributed by atoms with Crippen LogP contribution in [0.2, 0.25) is 0 Å². The van der Waals surface area contributed by atoms with Crippen LogP contribution in [0.25, 0.3) is 0 Å². The van der Waals surface area contributed by atoms with Crippen LogP contribution in [0.4, 0.5) is 0 Å². The third-order valence-electron chi connectivity index (χ3n) is 1.58. The first-order valence-corrected chi connectivity index (χ1v) is 4.17. The second-order valence-electron chi connectivity index (χ2n) is 2.56. The number of hydrogen-bond acceptors (Lipinski definition) is 2. The molecule has 0 aliphatic rings. The number of carboxylic acid groups (broad SMARTS) is 1.